The van der Waals surface area contributed by atoms with Crippen molar-refractivity contribution in [3.05, 3.63) is 77.4 Å². The number of benzene rings is 3. The van der Waals surface area contributed by atoms with E-state index in [0.717, 1.165) is 16.6 Å². The molecule has 0 heterocycles. The van der Waals surface area contributed by atoms with Crippen LogP contribution in [0.15, 0.2) is 65.6 Å². The van der Waals surface area contributed by atoms with Crippen LogP contribution in [-0.4, -0.2) is 47.6 Å². The molecule has 3 rings (SSSR count). The van der Waals surface area contributed by atoms with E-state index in [4.69, 9.17) is 21.7 Å². The third-order valence-corrected chi connectivity index (χ3v) is 6.71. The zero-order valence-corrected chi connectivity index (χ0v) is 22.2. The number of hydrogen-bond acceptors (Lipinski definition) is 6. The molecule has 0 unspecified atom stereocenters. The summed E-state index contributed by atoms with van der Waals surface area (Å²) in [6.07, 6.45) is 0. The van der Waals surface area contributed by atoms with Gasteiger partial charge in [0.05, 0.1) is 11.5 Å². The van der Waals surface area contributed by atoms with E-state index in [0.29, 0.717) is 35.9 Å². The number of anilines is 2. The molecule has 0 atom stereocenters. The number of hydrogen-bond donors (Lipinski definition) is 3. The van der Waals surface area contributed by atoms with Gasteiger partial charge in [-0.2, -0.15) is 0 Å². The Labute approximate surface area is 217 Å². The zero-order chi connectivity index (χ0) is 26.3. The second kappa shape index (κ2) is 12.0. The predicted molar refractivity (Wildman–Crippen MR) is 149 cm³/mol. The Kier molecular flexibility index (Phi) is 9.08. The van der Waals surface area contributed by atoms with E-state index >= 15 is 0 Å². The highest BCUT2D eigenvalue weighted by Crippen LogP contribution is 2.20. The lowest BCUT2D eigenvalue weighted by Gasteiger charge is -2.13. The first kappa shape index (κ1) is 27.2. The molecular weight excluding hydrogens is 497 g/mol. The number of thiocarbonyl (C=S) groups is 1. The van der Waals surface area contributed by atoms with Gasteiger partial charge >= 0.3 is 0 Å². The molecule has 1 amide bonds. The summed E-state index contributed by atoms with van der Waals surface area (Å²) in [5.41, 5.74) is 4.19. The maximum Gasteiger partial charge on any atom is 0.261 e. The number of amides is 1. The SMILES string of the molecule is Bc1cc(C(=O)NC(=S)Nc2ccc(S(=O)(=O)Nc3cc(C)cc(C)c3)cc2)ccc1OCCOC. The summed E-state index contributed by atoms with van der Waals surface area (Å²) < 4.78 is 38.7. The van der Waals surface area contributed by atoms with Crippen LogP contribution in [0.4, 0.5) is 11.4 Å². The first-order valence-electron chi connectivity index (χ1n) is 11.1. The summed E-state index contributed by atoms with van der Waals surface area (Å²) in [7, 11) is -0.314. The number of nitrogens with one attached hydrogen (secondary N) is 3. The predicted octanol–water partition coefficient (Wildman–Crippen LogP) is 2.51. The van der Waals surface area contributed by atoms with E-state index in [-0.39, 0.29) is 15.9 Å². The first-order chi connectivity index (χ1) is 17.1. The second-order valence-corrected chi connectivity index (χ2v) is 10.3. The van der Waals surface area contributed by atoms with E-state index in [1.807, 2.05) is 27.8 Å². The molecule has 3 aromatic rings. The van der Waals surface area contributed by atoms with Gasteiger partial charge in [0.2, 0.25) is 0 Å². The molecule has 0 aliphatic rings. The van der Waals surface area contributed by atoms with Gasteiger partial charge in [-0.25, -0.2) is 8.42 Å². The van der Waals surface area contributed by atoms with Crippen molar-refractivity contribution in [2.45, 2.75) is 18.7 Å². The van der Waals surface area contributed by atoms with Crippen molar-refractivity contribution >= 4 is 57.9 Å². The lowest BCUT2D eigenvalue weighted by molar-refractivity contribution is 0.0977. The molecule has 3 N–H and O–H groups in total. The maximum atomic E-state index is 12.8. The largest absolute Gasteiger partial charge is 0.492 e. The van der Waals surface area contributed by atoms with Gasteiger partial charge in [-0.1, -0.05) is 12.1 Å². The van der Waals surface area contributed by atoms with Crippen LogP contribution in [0.25, 0.3) is 0 Å². The summed E-state index contributed by atoms with van der Waals surface area (Å²) in [6.45, 7) is 4.69. The molecule has 188 valence electrons. The number of rotatable bonds is 9. The Morgan fingerprint density at radius 2 is 1.61 bits per heavy atom. The fourth-order valence-corrected chi connectivity index (χ4v) is 4.74. The standard InChI is InChI=1S/C25H28BN3O5S2/c1-16-12-17(2)14-20(13-16)29-36(31,32)21-7-5-19(6-8-21)27-25(35)28-24(30)18-4-9-23(22(26)15-18)34-11-10-33-3/h4-9,12-15,29H,10-11,26H2,1-3H3,(H2,27,28,30,35). The van der Waals surface area contributed by atoms with Crippen LogP contribution < -0.4 is 25.6 Å². The van der Waals surface area contributed by atoms with Crippen LogP contribution in [0.5, 0.6) is 5.75 Å². The van der Waals surface area contributed by atoms with Crippen LogP contribution in [0.1, 0.15) is 21.5 Å². The monoisotopic (exact) mass is 525 g/mol. The summed E-state index contributed by atoms with van der Waals surface area (Å²) in [5.74, 6) is 0.294. The molecule has 11 heteroatoms. The quantitative estimate of drug-likeness (QED) is 0.224. The third-order valence-electron chi connectivity index (χ3n) is 5.11. The van der Waals surface area contributed by atoms with E-state index < -0.39 is 10.0 Å². The van der Waals surface area contributed by atoms with Crippen LogP contribution in [0, 0.1) is 13.8 Å². The number of carbonyl (C=O) groups is 1. The number of aryl methyl sites for hydroxylation is 2. The summed E-state index contributed by atoms with van der Waals surface area (Å²) in [6, 6.07) is 16.7. The molecule has 36 heavy (non-hydrogen) atoms. The van der Waals surface area contributed by atoms with Crippen LogP contribution >= 0.6 is 12.2 Å². The molecule has 3 aromatic carbocycles. The van der Waals surface area contributed by atoms with E-state index in [1.54, 1.807) is 49.6 Å². The highest BCUT2D eigenvalue weighted by Gasteiger charge is 2.15. The van der Waals surface area contributed by atoms with Gasteiger partial charge in [0.15, 0.2) is 5.11 Å². The Hall–Kier alpha value is -3.41. The molecule has 0 saturated heterocycles. The van der Waals surface area contributed by atoms with Crippen LogP contribution in [0.3, 0.4) is 0 Å². The molecule has 0 aromatic heterocycles. The Balaban J connectivity index is 1.59. The lowest BCUT2D eigenvalue weighted by Crippen LogP contribution is -2.34. The number of sulfonamides is 1. The molecule has 0 bridgehead atoms. The molecule has 0 aliphatic heterocycles. The normalized spacial score (nSPS) is 11.0. The summed E-state index contributed by atoms with van der Waals surface area (Å²) >= 11 is 5.25. The zero-order valence-electron chi connectivity index (χ0n) is 20.5. The fraction of sp³-hybridized carbons (Fsp3) is 0.200. The van der Waals surface area contributed by atoms with Crippen molar-refractivity contribution in [3.63, 3.8) is 0 Å². The van der Waals surface area contributed by atoms with E-state index in [2.05, 4.69) is 15.4 Å². The number of methoxy groups -OCH3 is 1. The van der Waals surface area contributed by atoms with Crippen molar-refractivity contribution < 1.29 is 22.7 Å². The molecule has 8 nitrogen and oxygen atoms in total. The minimum Gasteiger partial charge on any atom is -0.492 e. The second-order valence-electron chi connectivity index (χ2n) is 8.24. The molecule has 0 saturated carbocycles. The fourth-order valence-electron chi connectivity index (χ4n) is 3.49. The van der Waals surface area contributed by atoms with Crippen molar-refractivity contribution in [2.24, 2.45) is 0 Å². The number of carbonyl (C=O) groups excluding carboxylic acids is 1. The van der Waals surface area contributed by atoms with Gasteiger partial charge in [-0.3, -0.25) is 14.8 Å². The summed E-state index contributed by atoms with van der Waals surface area (Å²) in [4.78, 5) is 12.7. The first-order valence-corrected chi connectivity index (χ1v) is 13.0. The lowest BCUT2D eigenvalue weighted by atomic mass is 9.93. The average molecular weight is 525 g/mol. The van der Waals surface area contributed by atoms with Crippen LogP contribution in [-0.2, 0) is 14.8 Å². The highest BCUT2D eigenvalue weighted by atomic mass is 32.2. The van der Waals surface area contributed by atoms with Crippen molar-refractivity contribution in [3.8, 4) is 5.75 Å². The average Bonchev–Trinajstić information content (AvgIpc) is 2.79. The van der Waals surface area contributed by atoms with Crippen LogP contribution in [0.2, 0.25) is 0 Å². The van der Waals surface area contributed by atoms with E-state index in [1.165, 1.54) is 12.1 Å². The smallest absolute Gasteiger partial charge is 0.261 e. The molecule has 0 fully saturated rings. The van der Waals surface area contributed by atoms with Gasteiger partial charge in [0.25, 0.3) is 15.9 Å². The third kappa shape index (κ3) is 7.55. The maximum absolute atomic E-state index is 12.8. The molecule has 0 spiro atoms. The van der Waals surface area contributed by atoms with Gasteiger partial charge in [0, 0.05) is 24.0 Å². The molecular formula is C25H28BN3O5S2. The molecule has 0 aliphatic carbocycles. The minimum atomic E-state index is -3.76. The number of ether oxygens (including phenoxy) is 2. The van der Waals surface area contributed by atoms with Gasteiger partial charge in [-0.05, 0) is 91.2 Å². The Morgan fingerprint density at radius 3 is 2.22 bits per heavy atom. The Bertz CT molecular complexity index is 1340. The van der Waals surface area contributed by atoms with Crippen molar-refractivity contribution in [1.82, 2.24) is 5.32 Å². The van der Waals surface area contributed by atoms with Crippen molar-refractivity contribution in [2.75, 3.05) is 30.4 Å². The van der Waals surface area contributed by atoms with Gasteiger partial charge < -0.3 is 14.8 Å². The van der Waals surface area contributed by atoms with Crippen molar-refractivity contribution in [1.29, 1.82) is 0 Å². The van der Waals surface area contributed by atoms with E-state index in [9.17, 15) is 13.2 Å². The topological polar surface area (TPSA) is 106 Å². The van der Waals surface area contributed by atoms with Gasteiger partial charge in [0.1, 0.15) is 20.2 Å². The summed E-state index contributed by atoms with van der Waals surface area (Å²) in [5, 5.41) is 5.60. The minimum absolute atomic E-state index is 0.0852. The highest BCUT2D eigenvalue weighted by molar-refractivity contribution is 7.92. The van der Waals surface area contributed by atoms with Gasteiger partial charge in [-0.15, -0.1) is 0 Å². The Morgan fingerprint density at radius 1 is 0.944 bits per heavy atom. The molecule has 0 radical (unpaired) electrons.